The second-order valence-corrected chi connectivity index (χ2v) is 23.6. The van der Waals surface area contributed by atoms with Gasteiger partial charge in [0.25, 0.3) is 0 Å². The topological polar surface area (TPSA) is 248 Å². The molecule has 3 aliphatic rings. The molecule has 3 saturated heterocycles. The Bertz CT molecular complexity index is 2100. The lowest BCUT2D eigenvalue weighted by Crippen LogP contribution is -2.62. The minimum atomic E-state index is -3.37. The summed E-state index contributed by atoms with van der Waals surface area (Å²) in [6, 6.07) is 6.21. The van der Waals surface area contributed by atoms with Gasteiger partial charge in [-0.1, -0.05) is 45.0 Å². The van der Waals surface area contributed by atoms with Crippen molar-refractivity contribution < 1.29 is 62.4 Å². The van der Waals surface area contributed by atoms with Crippen LogP contribution >= 0.6 is 0 Å². The highest BCUT2D eigenvalue weighted by molar-refractivity contribution is 7.92. The Labute approximate surface area is 416 Å². The molecule has 3 aliphatic heterocycles. The molecular formula is C50H86N6O13S. The molecule has 0 spiro atoms. The zero-order valence-electron chi connectivity index (χ0n) is 44.1. The monoisotopic (exact) mass is 1010 g/mol. The number of sulfonamides is 1. The number of benzene rings is 1. The van der Waals surface area contributed by atoms with Crippen LogP contribution in [-0.2, 0) is 57.9 Å². The van der Waals surface area contributed by atoms with Crippen LogP contribution in [0.15, 0.2) is 30.5 Å². The highest BCUT2D eigenvalue weighted by Crippen LogP contribution is 2.45. The second-order valence-electron chi connectivity index (χ2n) is 21.8. The summed E-state index contributed by atoms with van der Waals surface area (Å²) in [5.41, 5.74) is -2.19. The molecule has 0 aliphatic carbocycles. The van der Waals surface area contributed by atoms with Crippen molar-refractivity contribution >= 4 is 21.7 Å². The normalized spacial score (nSPS) is 40.1. The number of likely N-dealkylation sites (N-methyl/N-ethyl adjacent to an activating group) is 2. The fourth-order valence-corrected chi connectivity index (χ4v) is 12.0. The molecule has 400 valence electrons. The molecule has 18 atom stereocenters. The van der Waals surface area contributed by atoms with Crippen LogP contribution in [0.5, 0.6) is 0 Å². The molecule has 4 heterocycles. The van der Waals surface area contributed by atoms with Crippen LogP contribution in [0, 0.1) is 23.7 Å². The van der Waals surface area contributed by atoms with E-state index in [0.717, 1.165) is 17.5 Å². The zero-order chi connectivity index (χ0) is 52.3. The van der Waals surface area contributed by atoms with Gasteiger partial charge in [0.2, 0.25) is 10.0 Å². The van der Waals surface area contributed by atoms with Gasteiger partial charge in [0, 0.05) is 69.5 Å². The molecule has 20 heteroatoms. The molecule has 0 bridgehead atoms. The number of carbonyl (C=O) groups excluding carboxylic acids is 1. The number of ether oxygens (including phenoxy) is 5. The van der Waals surface area contributed by atoms with Gasteiger partial charge in [-0.25, -0.2) is 8.42 Å². The van der Waals surface area contributed by atoms with Gasteiger partial charge in [0.1, 0.15) is 30.0 Å². The first-order chi connectivity index (χ1) is 32.5. The smallest absolute Gasteiger partial charge is 0.309 e. The highest BCUT2D eigenvalue weighted by Gasteiger charge is 2.55. The minimum absolute atomic E-state index is 0.178. The summed E-state index contributed by atoms with van der Waals surface area (Å²) in [4.78, 5) is 18.6. The lowest BCUT2D eigenvalue weighted by molar-refractivity contribution is -0.302. The molecule has 0 saturated carbocycles. The van der Waals surface area contributed by atoms with Crippen LogP contribution in [0.3, 0.4) is 0 Å². The molecule has 5 rings (SSSR count). The van der Waals surface area contributed by atoms with E-state index in [1.807, 2.05) is 58.1 Å². The first kappa shape index (κ1) is 58.0. The van der Waals surface area contributed by atoms with E-state index in [2.05, 4.69) is 19.9 Å². The van der Waals surface area contributed by atoms with E-state index in [9.17, 15) is 38.7 Å². The number of aromatic nitrogens is 3. The molecule has 2 aromatic rings. The molecule has 70 heavy (non-hydrogen) atoms. The number of aliphatic hydroxyl groups is 5. The number of anilines is 1. The fraction of sp³-hybridized carbons (Fsp3) is 0.820. The average molecular weight is 1010 g/mol. The fourth-order valence-electron chi connectivity index (χ4n) is 11.4. The van der Waals surface area contributed by atoms with Gasteiger partial charge >= 0.3 is 5.97 Å². The standard InChI is InChI=1S/C50H86N6O13S/c1-15-40-50(10,62)43(58)33(6)55(12)27-29(2)25-48(8,61)45(31(4)41(32(5)46(60)68-40)39-26-49(9,65-13)44(59)34(7)67-39)69-47-42(57)38(24-30(3)66-47)54(11)22-21-37-28-56(53-51-37)23-20-35-16-18-36(19-17-35)52-70(14,63)64/h16-19,28-34,38-45,47,52,57-59,61-62H,15,20-27H2,1-14H3/t29-,30-,31+,32-,33-,34+,38+,39?,40-,41+,42-,43-,44+,45-,47+,48-,49-,50-/m1/s1. The third-order valence-corrected chi connectivity index (χ3v) is 16.3. The number of aryl methyl sites for hydroxylation is 2. The predicted molar refractivity (Wildman–Crippen MR) is 264 cm³/mol. The molecule has 1 aromatic heterocycles. The van der Waals surface area contributed by atoms with Crippen molar-refractivity contribution in [3.63, 3.8) is 0 Å². The number of nitrogens with one attached hydrogen (secondary N) is 1. The van der Waals surface area contributed by atoms with Crippen LogP contribution in [0.1, 0.15) is 106 Å². The molecule has 1 unspecified atom stereocenters. The Morgan fingerprint density at radius 1 is 0.971 bits per heavy atom. The van der Waals surface area contributed by atoms with Gasteiger partial charge in [0.05, 0.1) is 53.5 Å². The van der Waals surface area contributed by atoms with Crippen molar-refractivity contribution in [3.8, 4) is 0 Å². The summed E-state index contributed by atoms with van der Waals surface area (Å²) in [6.45, 7) is 19.4. The molecule has 3 fully saturated rings. The van der Waals surface area contributed by atoms with E-state index in [-0.39, 0.29) is 31.3 Å². The Hall–Kier alpha value is -2.86. The number of carbonyl (C=O) groups is 1. The third kappa shape index (κ3) is 14.0. The van der Waals surface area contributed by atoms with Gasteiger partial charge in [-0.3, -0.25) is 14.2 Å². The summed E-state index contributed by atoms with van der Waals surface area (Å²) in [5, 5.41) is 68.7. The van der Waals surface area contributed by atoms with Crippen LogP contribution in [0.25, 0.3) is 0 Å². The molecule has 1 aromatic carbocycles. The number of aliphatic hydroxyl groups excluding tert-OH is 3. The number of nitrogens with zero attached hydrogens (tertiary/aromatic N) is 5. The van der Waals surface area contributed by atoms with Crippen molar-refractivity contribution in [2.24, 2.45) is 23.7 Å². The van der Waals surface area contributed by atoms with Crippen LogP contribution in [0.4, 0.5) is 5.69 Å². The summed E-state index contributed by atoms with van der Waals surface area (Å²) < 4.78 is 59.5. The Morgan fingerprint density at radius 2 is 1.63 bits per heavy atom. The van der Waals surface area contributed by atoms with Crippen LogP contribution in [0.2, 0.25) is 0 Å². The maximum Gasteiger partial charge on any atom is 0.309 e. The van der Waals surface area contributed by atoms with Gasteiger partial charge in [0.15, 0.2) is 6.29 Å². The number of rotatable bonds is 14. The second kappa shape index (κ2) is 23.6. The molecule has 6 N–H and O–H groups in total. The summed E-state index contributed by atoms with van der Waals surface area (Å²) >= 11 is 0. The van der Waals surface area contributed by atoms with Crippen molar-refractivity contribution in [2.45, 2.75) is 198 Å². The quantitative estimate of drug-likeness (QED) is 0.149. The summed E-state index contributed by atoms with van der Waals surface area (Å²) in [5.74, 6) is -3.17. The van der Waals surface area contributed by atoms with Crippen LogP contribution in [-0.4, -0.2) is 189 Å². The zero-order valence-corrected chi connectivity index (χ0v) is 44.9. The lowest BCUT2D eigenvalue weighted by atomic mass is 9.68. The largest absolute Gasteiger partial charge is 0.459 e. The van der Waals surface area contributed by atoms with Crippen molar-refractivity contribution in [3.05, 3.63) is 41.7 Å². The SMILES string of the molecule is CC[C@H]1OC(=O)[C@H](C)[C@@H](C2C[C@@](C)(OC)[C@@H](O)[C@H](C)O2)[C@H](C)[C@@H](O[C@@H]2O[C@H](C)C[C@H](N(C)CCc3cn(CCc4ccc(NS(C)(=O)=O)cc4)nn3)[C@H]2O)[C@](C)(O)C[C@@H](C)CN(C)[C@H](C)[C@@H](O)[C@]1(C)O. The first-order valence-electron chi connectivity index (χ1n) is 25.1. The molecule has 0 amide bonds. The number of methoxy groups -OCH3 is 1. The van der Waals surface area contributed by atoms with E-state index in [0.29, 0.717) is 44.6 Å². The van der Waals surface area contributed by atoms with Gasteiger partial charge in [-0.2, -0.15) is 0 Å². The number of hydrogen-bond acceptors (Lipinski definition) is 17. The van der Waals surface area contributed by atoms with Gasteiger partial charge in [-0.05, 0) is 111 Å². The average Bonchev–Trinajstić information content (AvgIpc) is 3.74. The van der Waals surface area contributed by atoms with E-state index in [1.54, 1.807) is 58.4 Å². The van der Waals surface area contributed by atoms with Crippen LogP contribution < -0.4 is 4.72 Å². The molecule has 0 radical (unpaired) electrons. The van der Waals surface area contributed by atoms with Crippen molar-refractivity contribution in [2.75, 3.05) is 45.3 Å². The number of hydrogen-bond donors (Lipinski definition) is 6. The third-order valence-electron chi connectivity index (χ3n) is 15.7. The maximum absolute atomic E-state index is 14.6. The minimum Gasteiger partial charge on any atom is -0.459 e. The van der Waals surface area contributed by atoms with Crippen molar-refractivity contribution in [1.82, 2.24) is 24.8 Å². The van der Waals surface area contributed by atoms with E-state index in [4.69, 9.17) is 23.7 Å². The molecule has 19 nitrogen and oxygen atoms in total. The lowest BCUT2D eigenvalue weighted by Gasteiger charge is -2.51. The maximum atomic E-state index is 14.6. The molecular weight excluding hydrogens is 925 g/mol. The Balaban J connectivity index is 1.41. The number of esters is 1. The summed E-state index contributed by atoms with van der Waals surface area (Å²) in [6.07, 6.45) is -3.23. The highest BCUT2D eigenvalue weighted by atomic mass is 32.2. The van der Waals surface area contributed by atoms with E-state index < -0.39 is 112 Å². The predicted octanol–water partition coefficient (Wildman–Crippen LogP) is 2.99. The Kier molecular flexibility index (Phi) is 19.5. The van der Waals surface area contributed by atoms with Gasteiger partial charge in [-0.15, -0.1) is 5.10 Å². The first-order valence-corrected chi connectivity index (χ1v) is 27.0. The Morgan fingerprint density at radius 3 is 2.24 bits per heavy atom. The van der Waals surface area contributed by atoms with E-state index >= 15 is 0 Å². The van der Waals surface area contributed by atoms with Crippen molar-refractivity contribution in [1.29, 1.82) is 0 Å². The van der Waals surface area contributed by atoms with Gasteiger partial charge < -0.3 is 59.0 Å². The number of cyclic esters (lactones) is 1. The van der Waals surface area contributed by atoms with E-state index in [1.165, 1.54) is 14.0 Å². The summed E-state index contributed by atoms with van der Waals surface area (Å²) in [7, 11) is 1.94.